The van der Waals surface area contributed by atoms with Gasteiger partial charge in [0.2, 0.25) is 5.91 Å². The van der Waals surface area contributed by atoms with Gasteiger partial charge in [0, 0.05) is 5.02 Å². The van der Waals surface area contributed by atoms with Gasteiger partial charge < -0.3 is 10.4 Å². The van der Waals surface area contributed by atoms with E-state index >= 15 is 0 Å². The highest BCUT2D eigenvalue weighted by molar-refractivity contribution is 6.31. The molecule has 114 valence electrons. The van der Waals surface area contributed by atoms with Gasteiger partial charge in [0.15, 0.2) is 0 Å². The Morgan fingerprint density at radius 3 is 2.76 bits per heavy atom. The number of hydrogen-bond acceptors (Lipinski definition) is 2. The lowest BCUT2D eigenvalue weighted by Crippen LogP contribution is -2.57. The maximum absolute atomic E-state index is 12.2. The van der Waals surface area contributed by atoms with Gasteiger partial charge in [-0.15, -0.1) is 0 Å². The van der Waals surface area contributed by atoms with Crippen molar-refractivity contribution in [3.8, 4) is 0 Å². The van der Waals surface area contributed by atoms with Crippen molar-refractivity contribution in [3.63, 3.8) is 0 Å². The highest BCUT2D eigenvalue weighted by atomic mass is 35.5. The first-order chi connectivity index (χ1) is 9.93. The molecule has 1 amide bonds. The summed E-state index contributed by atoms with van der Waals surface area (Å²) in [5, 5.41) is 12.8. The number of nitrogens with one attached hydrogen (secondary N) is 1. The minimum Gasteiger partial charge on any atom is -0.480 e. The molecule has 1 aliphatic rings. The molecule has 1 saturated carbocycles. The Labute approximate surface area is 129 Å². The SMILES string of the molecule is CC1CCCC(NC(=O)Cc2ccccc2Cl)(C(=O)O)C1. The lowest BCUT2D eigenvalue weighted by Gasteiger charge is -2.37. The number of halogens is 1. The van der Waals surface area contributed by atoms with Crippen molar-refractivity contribution < 1.29 is 14.7 Å². The molecular formula is C16H20ClNO3. The fourth-order valence-corrected chi connectivity index (χ4v) is 3.24. The van der Waals surface area contributed by atoms with Crippen LogP contribution in [0, 0.1) is 5.92 Å². The summed E-state index contributed by atoms with van der Waals surface area (Å²) in [5.74, 6) is -0.934. The predicted molar refractivity (Wildman–Crippen MR) is 81.3 cm³/mol. The van der Waals surface area contributed by atoms with Gasteiger partial charge in [0.25, 0.3) is 0 Å². The van der Waals surface area contributed by atoms with Crippen LogP contribution in [0.3, 0.4) is 0 Å². The number of benzene rings is 1. The molecule has 2 atom stereocenters. The molecule has 0 radical (unpaired) electrons. The van der Waals surface area contributed by atoms with Crippen molar-refractivity contribution in [2.75, 3.05) is 0 Å². The zero-order valence-corrected chi connectivity index (χ0v) is 12.8. The summed E-state index contributed by atoms with van der Waals surface area (Å²) in [4.78, 5) is 23.9. The largest absolute Gasteiger partial charge is 0.480 e. The molecule has 2 rings (SSSR count). The van der Waals surface area contributed by atoms with Gasteiger partial charge in [-0.05, 0) is 30.4 Å². The molecule has 0 heterocycles. The molecule has 2 unspecified atom stereocenters. The van der Waals surface area contributed by atoms with Gasteiger partial charge in [-0.3, -0.25) is 4.79 Å². The van der Waals surface area contributed by atoms with E-state index in [1.807, 2.05) is 13.0 Å². The van der Waals surface area contributed by atoms with E-state index in [9.17, 15) is 14.7 Å². The van der Waals surface area contributed by atoms with Crippen molar-refractivity contribution in [3.05, 3.63) is 34.9 Å². The number of rotatable bonds is 4. The summed E-state index contributed by atoms with van der Waals surface area (Å²) in [6.07, 6.45) is 2.90. The summed E-state index contributed by atoms with van der Waals surface area (Å²) in [6.45, 7) is 2.02. The first-order valence-corrected chi connectivity index (χ1v) is 7.58. The maximum atomic E-state index is 12.2. The lowest BCUT2D eigenvalue weighted by atomic mass is 9.76. The van der Waals surface area contributed by atoms with Gasteiger partial charge in [-0.2, -0.15) is 0 Å². The molecule has 0 aromatic heterocycles. The third-order valence-electron chi connectivity index (χ3n) is 4.09. The van der Waals surface area contributed by atoms with Crippen molar-refractivity contribution in [1.82, 2.24) is 5.32 Å². The molecule has 2 N–H and O–H groups in total. The Morgan fingerprint density at radius 1 is 1.43 bits per heavy atom. The van der Waals surface area contributed by atoms with Crippen LogP contribution < -0.4 is 5.32 Å². The summed E-state index contributed by atoms with van der Waals surface area (Å²) in [7, 11) is 0. The van der Waals surface area contributed by atoms with E-state index in [-0.39, 0.29) is 12.3 Å². The smallest absolute Gasteiger partial charge is 0.329 e. The van der Waals surface area contributed by atoms with Crippen LogP contribution in [0.25, 0.3) is 0 Å². The quantitative estimate of drug-likeness (QED) is 0.898. The summed E-state index contributed by atoms with van der Waals surface area (Å²) >= 11 is 6.04. The molecule has 5 heteroatoms. The summed E-state index contributed by atoms with van der Waals surface area (Å²) < 4.78 is 0. The molecular weight excluding hydrogens is 290 g/mol. The Balaban J connectivity index is 2.09. The van der Waals surface area contributed by atoms with Gasteiger partial charge in [0.05, 0.1) is 6.42 Å². The molecule has 0 bridgehead atoms. The van der Waals surface area contributed by atoms with Gasteiger partial charge in [0.1, 0.15) is 5.54 Å². The normalized spacial score (nSPS) is 25.3. The molecule has 0 spiro atoms. The highest BCUT2D eigenvalue weighted by Gasteiger charge is 2.43. The second kappa shape index (κ2) is 6.48. The van der Waals surface area contributed by atoms with Crippen LogP contribution in [0.2, 0.25) is 5.02 Å². The third kappa shape index (κ3) is 3.76. The van der Waals surface area contributed by atoms with Crippen molar-refractivity contribution in [2.45, 2.75) is 44.6 Å². The highest BCUT2D eigenvalue weighted by Crippen LogP contribution is 2.32. The van der Waals surface area contributed by atoms with Crippen molar-refractivity contribution >= 4 is 23.5 Å². The van der Waals surface area contributed by atoms with E-state index in [1.165, 1.54) is 0 Å². The molecule has 4 nitrogen and oxygen atoms in total. The molecule has 1 aliphatic carbocycles. The van der Waals surface area contributed by atoms with E-state index < -0.39 is 11.5 Å². The molecule has 0 saturated heterocycles. The zero-order valence-electron chi connectivity index (χ0n) is 12.1. The number of carboxylic acid groups (broad SMARTS) is 1. The van der Waals surface area contributed by atoms with Crippen LogP contribution in [0.4, 0.5) is 0 Å². The van der Waals surface area contributed by atoms with E-state index in [2.05, 4.69) is 5.32 Å². The Morgan fingerprint density at radius 2 is 2.14 bits per heavy atom. The topological polar surface area (TPSA) is 66.4 Å². The Hall–Kier alpha value is -1.55. The van der Waals surface area contributed by atoms with Crippen LogP contribution in [0.1, 0.15) is 38.2 Å². The number of carbonyl (C=O) groups excluding carboxylic acids is 1. The number of hydrogen-bond donors (Lipinski definition) is 2. The minimum atomic E-state index is -1.13. The fraction of sp³-hybridized carbons (Fsp3) is 0.500. The number of aliphatic carboxylic acids is 1. The molecule has 1 aromatic rings. The molecule has 1 fully saturated rings. The average Bonchev–Trinajstić information content (AvgIpc) is 2.41. The molecule has 0 aliphatic heterocycles. The molecule has 21 heavy (non-hydrogen) atoms. The minimum absolute atomic E-state index is 0.100. The van der Waals surface area contributed by atoms with Crippen LogP contribution >= 0.6 is 11.6 Å². The van der Waals surface area contributed by atoms with Gasteiger partial charge in [-0.1, -0.05) is 49.6 Å². The average molecular weight is 310 g/mol. The third-order valence-corrected chi connectivity index (χ3v) is 4.46. The van der Waals surface area contributed by atoms with Crippen LogP contribution in [-0.4, -0.2) is 22.5 Å². The van der Waals surface area contributed by atoms with Crippen molar-refractivity contribution in [1.29, 1.82) is 0 Å². The number of carbonyl (C=O) groups is 2. The predicted octanol–water partition coefficient (Wildman–Crippen LogP) is 3.03. The zero-order chi connectivity index (χ0) is 15.5. The van der Waals surface area contributed by atoms with Crippen LogP contribution in [0.15, 0.2) is 24.3 Å². The monoisotopic (exact) mass is 309 g/mol. The summed E-state index contributed by atoms with van der Waals surface area (Å²) in [6, 6.07) is 7.11. The Kier molecular flexibility index (Phi) is 4.88. The second-order valence-corrected chi connectivity index (χ2v) is 6.31. The first-order valence-electron chi connectivity index (χ1n) is 7.21. The van der Waals surface area contributed by atoms with Gasteiger partial charge in [-0.25, -0.2) is 4.79 Å². The van der Waals surface area contributed by atoms with E-state index in [1.54, 1.807) is 18.2 Å². The van der Waals surface area contributed by atoms with E-state index in [0.717, 1.165) is 12.8 Å². The second-order valence-electron chi connectivity index (χ2n) is 5.91. The first kappa shape index (κ1) is 15.8. The van der Waals surface area contributed by atoms with E-state index in [0.29, 0.717) is 29.3 Å². The standard InChI is InChI=1S/C16H20ClNO3/c1-11-5-4-8-16(10-11,15(20)21)18-14(19)9-12-6-2-3-7-13(12)17/h2-3,6-7,11H,4-5,8-10H2,1H3,(H,18,19)(H,20,21). The fourth-order valence-electron chi connectivity index (χ4n) is 3.04. The number of amides is 1. The van der Waals surface area contributed by atoms with Crippen molar-refractivity contribution in [2.24, 2.45) is 5.92 Å². The number of carboxylic acids is 1. The maximum Gasteiger partial charge on any atom is 0.329 e. The molecule has 1 aromatic carbocycles. The van der Waals surface area contributed by atoms with Crippen LogP contribution in [-0.2, 0) is 16.0 Å². The lowest BCUT2D eigenvalue weighted by molar-refractivity contribution is -0.150. The van der Waals surface area contributed by atoms with Crippen LogP contribution in [0.5, 0.6) is 0 Å². The van der Waals surface area contributed by atoms with Gasteiger partial charge >= 0.3 is 5.97 Å². The Bertz CT molecular complexity index is 546. The van der Waals surface area contributed by atoms with E-state index in [4.69, 9.17) is 11.6 Å². The summed E-state index contributed by atoms with van der Waals surface area (Å²) in [5.41, 5.74) is -0.420.